The van der Waals surface area contributed by atoms with E-state index in [1.807, 2.05) is 0 Å². The van der Waals surface area contributed by atoms with Crippen molar-refractivity contribution in [2.24, 2.45) is 0 Å². The Morgan fingerprint density at radius 1 is 1.47 bits per heavy atom. The van der Waals surface area contributed by atoms with Gasteiger partial charge in [-0.1, -0.05) is 0 Å². The summed E-state index contributed by atoms with van der Waals surface area (Å²) in [6, 6.07) is 0. The predicted octanol–water partition coefficient (Wildman–Crippen LogP) is 2.52. The maximum atomic E-state index is 11.1. The molecule has 104 valence electrons. The number of halogens is 1. The van der Waals surface area contributed by atoms with Crippen LogP contribution < -0.4 is 5.32 Å². The van der Waals surface area contributed by atoms with Gasteiger partial charge < -0.3 is 0 Å². The van der Waals surface area contributed by atoms with Gasteiger partial charge in [0.05, 0.1) is 0 Å². The summed E-state index contributed by atoms with van der Waals surface area (Å²) in [5.74, 6) is 0.0971. The Morgan fingerprint density at radius 3 is 2.53 bits per heavy atom. The van der Waals surface area contributed by atoms with Gasteiger partial charge in [-0.15, -0.1) is 0 Å². The minimum absolute atomic E-state index is 0.0971. The van der Waals surface area contributed by atoms with Gasteiger partial charge in [-0.25, -0.2) is 0 Å². The topological polar surface area (TPSA) is 38.3 Å². The van der Waals surface area contributed by atoms with Crippen LogP contribution in [0.4, 0.5) is 0 Å². The van der Waals surface area contributed by atoms with Gasteiger partial charge in [0.2, 0.25) is 0 Å². The summed E-state index contributed by atoms with van der Waals surface area (Å²) in [6.45, 7) is 9.21. The zero-order chi connectivity index (χ0) is 13.5. The number of carbonyl (C=O) groups is 1. The zero-order valence-corrected chi connectivity index (χ0v) is 15.6. The van der Waals surface area contributed by atoms with Crippen LogP contribution in [0.2, 0.25) is 0 Å². The average molecular weight is 393 g/mol. The molecule has 0 saturated heterocycles. The van der Waals surface area contributed by atoms with Gasteiger partial charge in [0.15, 0.2) is 0 Å². The Kier molecular flexibility index (Phi) is 8.74. The Morgan fingerprint density at radius 2 is 2.06 bits per heavy atom. The van der Waals surface area contributed by atoms with Crippen molar-refractivity contribution in [1.82, 2.24) is 5.32 Å². The Hall–Kier alpha value is 1.02. The molecule has 3 nitrogen and oxygen atoms in total. The van der Waals surface area contributed by atoms with Crippen LogP contribution in [-0.2, 0) is 9.53 Å². The summed E-state index contributed by atoms with van der Waals surface area (Å²) in [5, 5.41) is 2.87. The molecule has 0 rings (SSSR count). The standard InChI is InChI=1S/C11H26INO2P2/c1-11(2,5-6-13-10(14)9-12)15-7-8-17(3,4)16/h17H,5-9,16H2,1-4H3,(H,13,14). The molecular formula is C11H26INO2P2. The quantitative estimate of drug-likeness (QED) is 0.391. The fourth-order valence-corrected chi connectivity index (χ4v) is 2.46. The van der Waals surface area contributed by atoms with Gasteiger partial charge >= 0.3 is 122 Å². The molecule has 0 bridgehead atoms. The molecule has 0 saturated carbocycles. The Balaban J connectivity index is 3.76. The molecule has 0 radical (unpaired) electrons. The molecule has 1 atom stereocenters. The van der Waals surface area contributed by atoms with Crippen LogP contribution in [0, 0.1) is 0 Å². The number of alkyl halides is 1. The van der Waals surface area contributed by atoms with E-state index in [0.717, 1.165) is 19.2 Å². The molecule has 0 fully saturated rings. The number of hydrogen-bond donors (Lipinski definition) is 1. The molecule has 1 amide bonds. The molecule has 0 aromatic rings. The van der Waals surface area contributed by atoms with Crippen LogP contribution in [0.5, 0.6) is 0 Å². The van der Waals surface area contributed by atoms with Crippen molar-refractivity contribution in [3.8, 4) is 0 Å². The summed E-state index contributed by atoms with van der Waals surface area (Å²) in [7, 11) is 2.96. The normalized spacial score (nSPS) is 13.5. The van der Waals surface area contributed by atoms with Crippen LogP contribution in [-0.4, -0.2) is 48.6 Å². The molecule has 0 aliphatic rings. The van der Waals surface area contributed by atoms with Crippen molar-refractivity contribution in [3.05, 3.63) is 0 Å². The van der Waals surface area contributed by atoms with Gasteiger partial charge in [0, 0.05) is 0 Å². The Bertz CT molecular complexity index is 242. The fraction of sp³-hybridized carbons (Fsp3) is 0.909. The molecule has 0 aromatic carbocycles. The first-order chi connectivity index (χ1) is 7.66. The Labute approximate surface area is 122 Å². The van der Waals surface area contributed by atoms with Crippen LogP contribution in [0.25, 0.3) is 0 Å². The van der Waals surface area contributed by atoms with E-state index in [2.05, 4.69) is 64.0 Å². The summed E-state index contributed by atoms with van der Waals surface area (Å²) in [6.07, 6.45) is 2.01. The average Bonchev–Trinajstić information content (AvgIpc) is 2.14. The molecule has 0 aromatic heterocycles. The van der Waals surface area contributed by atoms with Gasteiger partial charge in [0.1, 0.15) is 0 Å². The van der Waals surface area contributed by atoms with Gasteiger partial charge in [-0.3, -0.25) is 0 Å². The third kappa shape index (κ3) is 11.8. The van der Waals surface area contributed by atoms with E-state index in [1.165, 1.54) is 0 Å². The molecule has 0 aliphatic carbocycles. The molecular weight excluding hydrogens is 367 g/mol. The summed E-state index contributed by atoms with van der Waals surface area (Å²) in [5.41, 5.74) is -0.150. The van der Waals surface area contributed by atoms with Crippen LogP contribution in [0.1, 0.15) is 20.3 Å². The number of carbonyl (C=O) groups excluding carboxylic acids is 1. The first kappa shape index (κ1) is 18.0. The minimum atomic E-state index is -1.09. The number of ether oxygens (including phenoxy) is 1. The van der Waals surface area contributed by atoms with E-state index in [-0.39, 0.29) is 11.5 Å². The van der Waals surface area contributed by atoms with Crippen molar-refractivity contribution in [3.63, 3.8) is 0 Å². The van der Waals surface area contributed by atoms with Crippen molar-refractivity contribution >= 4 is 44.4 Å². The first-order valence-electron chi connectivity index (χ1n) is 5.92. The van der Waals surface area contributed by atoms with E-state index < -0.39 is 6.95 Å². The van der Waals surface area contributed by atoms with Crippen molar-refractivity contribution in [1.29, 1.82) is 0 Å². The number of rotatable bonds is 8. The SMILES string of the molecule is CC(C)(CCNC(=O)CI)OCC[PH](C)(C)P. The zero-order valence-electron chi connectivity index (χ0n) is 11.3. The second-order valence-electron chi connectivity index (χ2n) is 5.58. The molecule has 17 heavy (non-hydrogen) atoms. The van der Waals surface area contributed by atoms with Crippen molar-refractivity contribution < 1.29 is 9.53 Å². The predicted molar refractivity (Wildman–Crippen MR) is 91.3 cm³/mol. The summed E-state index contributed by atoms with van der Waals surface area (Å²) in [4.78, 5) is 11.1. The fourth-order valence-electron chi connectivity index (χ4n) is 1.21. The van der Waals surface area contributed by atoms with Crippen LogP contribution in [0.15, 0.2) is 0 Å². The van der Waals surface area contributed by atoms with E-state index >= 15 is 0 Å². The monoisotopic (exact) mass is 393 g/mol. The molecule has 1 unspecified atom stereocenters. The van der Waals surface area contributed by atoms with Crippen LogP contribution in [0.3, 0.4) is 0 Å². The first-order valence-corrected chi connectivity index (χ1v) is 12.5. The van der Waals surface area contributed by atoms with Crippen molar-refractivity contribution in [2.45, 2.75) is 25.9 Å². The van der Waals surface area contributed by atoms with Crippen LogP contribution >= 0.6 is 38.5 Å². The molecule has 0 aliphatic heterocycles. The summed E-state index contributed by atoms with van der Waals surface area (Å²) >= 11 is 2.06. The summed E-state index contributed by atoms with van der Waals surface area (Å²) < 4.78 is 6.41. The number of amides is 1. The van der Waals surface area contributed by atoms with E-state index in [0.29, 0.717) is 11.0 Å². The van der Waals surface area contributed by atoms with Crippen molar-refractivity contribution in [2.75, 3.05) is 37.1 Å². The maximum absolute atomic E-state index is 11.1. The third-order valence-corrected chi connectivity index (χ3v) is 5.46. The third-order valence-electron chi connectivity index (χ3n) is 2.41. The molecule has 1 N–H and O–H groups in total. The number of hydrogen-bond acceptors (Lipinski definition) is 2. The van der Waals surface area contributed by atoms with E-state index in [4.69, 9.17) is 4.74 Å². The van der Waals surface area contributed by atoms with E-state index in [9.17, 15) is 4.79 Å². The van der Waals surface area contributed by atoms with Gasteiger partial charge in [0.25, 0.3) is 0 Å². The molecule has 0 spiro atoms. The van der Waals surface area contributed by atoms with Gasteiger partial charge in [-0.2, -0.15) is 0 Å². The molecule has 0 heterocycles. The second kappa shape index (κ2) is 8.24. The molecule has 6 heteroatoms. The number of nitrogens with one attached hydrogen (secondary N) is 1. The van der Waals surface area contributed by atoms with E-state index in [1.54, 1.807) is 0 Å². The van der Waals surface area contributed by atoms with Gasteiger partial charge in [-0.05, 0) is 0 Å². The second-order valence-corrected chi connectivity index (χ2v) is 15.5.